The molecular weight excluding hydrogens is 546 g/mol. The molecule has 0 saturated carbocycles. The molecule has 0 aliphatic rings. The van der Waals surface area contributed by atoms with Crippen molar-refractivity contribution in [3.63, 3.8) is 0 Å². The maximum Gasteiger partial charge on any atom is 0.222 e. The highest BCUT2D eigenvalue weighted by Gasteiger charge is 2.21. The molecule has 0 aromatic carbocycles. The van der Waals surface area contributed by atoms with Gasteiger partial charge in [0.05, 0.1) is 31.3 Å². The first kappa shape index (κ1) is 43.4. The Hall–Kier alpha value is -0.650. The summed E-state index contributed by atoms with van der Waals surface area (Å²) in [7, 11) is 0. The molecule has 0 aliphatic carbocycles. The highest BCUT2D eigenvalue weighted by molar-refractivity contribution is 5.76. The van der Waals surface area contributed by atoms with Crippen LogP contribution in [0.15, 0.2) is 0 Å². The van der Waals surface area contributed by atoms with Gasteiger partial charge in [0.2, 0.25) is 5.91 Å². The van der Waals surface area contributed by atoms with Crippen LogP contribution in [0.1, 0.15) is 219 Å². The molecule has 44 heavy (non-hydrogen) atoms. The van der Waals surface area contributed by atoms with Crippen LogP contribution in [0.2, 0.25) is 0 Å². The second-order valence-corrected chi connectivity index (χ2v) is 13.9. The van der Waals surface area contributed by atoms with Gasteiger partial charge in [-0.1, -0.05) is 200 Å². The second kappa shape index (κ2) is 35.2. The summed E-state index contributed by atoms with van der Waals surface area (Å²) < 4.78 is 0. The van der Waals surface area contributed by atoms with E-state index in [9.17, 15) is 20.1 Å². The third kappa shape index (κ3) is 31.3. The maximum atomic E-state index is 12.4. The summed E-state index contributed by atoms with van der Waals surface area (Å²) in [6, 6.07) is -0.651. The van der Waals surface area contributed by atoms with E-state index in [4.69, 9.17) is 0 Å². The zero-order chi connectivity index (χ0) is 32.4. The minimum absolute atomic E-state index is 0.0423. The van der Waals surface area contributed by atoms with Gasteiger partial charge >= 0.3 is 0 Å². The normalized spacial score (nSPS) is 13.7. The molecule has 264 valence electrons. The van der Waals surface area contributed by atoms with Crippen LogP contribution in [-0.4, -0.2) is 46.1 Å². The lowest BCUT2D eigenvalue weighted by Gasteiger charge is -2.23. The molecule has 3 unspecified atom stereocenters. The molecule has 0 saturated heterocycles. The fourth-order valence-corrected chi connectivity index (χ4v) is 6.35. The number of aliphatic hydroxyl groups excluding tert-OH is 3. The molecule has 0 rings (SSSR count). The molecule has 1 amide bonds. The van der Waals surface area contributed by atoms with Crippen molar-refractivity contribution in [3.8, 4) is 0 Å². The van der Waals surface area contributed by atoms with E-state index in [0.717, 1.165) is 25.7 Å². The zero-order valence-electron chi connectivity index (χ0n) is 29.8. The van der Waals surface area contributed by atoms with E-state index in [1.807, 2.05) is 0 Å². The molecule has 0 bridgehead atoms. The monoisotopic (exact) mass is 626 g/mol. The van der Waals surface area contributed by atoms with Crippen LogP contribution >= 0.6 is 0 Å². The average Bonchev–Trinajstić information content (AvgIpc) is 3.01. The van der Waals surface area contributed by atoms with Gasteiger partial charge in [0.25, 0.3) is 0 Å². The van der Waals surface area contributed by atoms with E-state index >= 15 is 0 Å². The van der Waals surface area contributed by atoms with Crippen molar-refractivity contribution < 1.29 is 20.1 Å². The van der Waals surface area contributed by atoms with Crippen molar-refractivity contribution in [3.05, 3.63) is 0 Å². The number of hydrogen-bond acceptors (Lipinski definition) is 4. The third-order valence-electron chi connectivity index (χ3n) is 9.42. The van der Waals surface area contributed by atoms with Gasteiger partial charge in [-0.05, 0) is 12.8 Å². The van der Waals surface area contributed by atoms with Crippen LogP contribution in [0.25, 0.3) is 0 Å². The van der Waals surface area contributed by atoms with Crippen molar-refractivity contribution in [2.75, 3.05) is 6.61 Å². The van der Waals surface area contributed by atoms with Gasteiger partial charge in [-0.2, -0.15) is 0 Å². The smallest absolute Gasteiger partial charge is 0.222 e. The standard InChI is InChI=1S/C39H79NO4/c1-3-5-7-9-11-13-15-17-19-21-23-25-27-29-31-33-38(43)37(35-41)40-39(44)34-36(42)32-30-28-26-24-22-20-18-16-14-12-10-8-6-4-2/h36-38,41-43H,3-35H2,1-2H3,(H,40,44). The van der Waals surface area contributed by atoms with Gasteiger partial charge in [-0.3, -0.25) is 4.79 Å². The van der Waals surface area contributed by atoms with Gasteiger partial charge < -0.3 is 20.6 Å². The molecule has 4 N–H and O–H groups in total. The Morgan fingerprint density at radius 2 is 0.773 bits per heavy atom. The second-order valence-electron chi connectivity index (χ2n) is 13.9. The van der Waals surface area contributed by atoms with E-state index in [2.05, 4.69) is 19.2 Å². The number of hydrogen-bond donors (Lipinski definition) is 4. The Balaban J connectivity index is 3.62. The summed E-state index contributed by atoms with van der Waals surface area (Å²) in [5, 5.41) is 33.3. The molecule has 0 aliphatic heterocycles. The highest BCUT2D eigenvalue weighted by atomic mass is 16.3. The zero-order valence-corrected chi connectivity index (χ0v) is 29.8. The number of nitrogens with one attached hydrogen (secondary N) is 1. The topological polar surface area (TPSA) is 89.8 Å². The number of carbonyl (C=O) groups excluding carboxylic acids is 1. The summed E-state index contributed by atoms with van der Waals surface area (Å²) >= 11 is 0. The molecule has 0 radical (unpaired) electrons. The fourth-order valence-electron chi connectivity index (χ4n) is 6.35. The molecule has 0 aromatic heterocycles. The Labute approximate surface area is 275 Å². The van der Waals surface area contributed by atoms with Crippen LogP contribution in [0.5, 0.6) is 0 Å². The van der Waals surface area contributed by atoms with Crippen molar-refractivity contribution in [2.45, 2.75) is 238 Å². The number of aliphatic hydroxyl groups is 3. The summed E-state index contributed by atoms with van der Waals surface area (Å²) in [4.78, 5) is 12.4. The van der Waals surface area contributed by atoms with Gasteiger partial charge in [-0.25, -0.2) is 0 Å². The number of carbonyl (C=O) groups is 1. The molecule has 5 nitrogen and oxygen atoms in total. The lowest BCUT2D eigenvalue weighted by molar-refractivity contribution is -0.125. The van der Waals surface area contributed by atoms with Crippen LogP contribution in [0.4, 0.5) is 0 Å². The Morgan fingerprint density at radius 3 is 1.09 bits per heavy atom. The predicted molar refractivity (Wildman–Crippen MR) is 190 cm³/mol. The van der Waals surface area contributed by atoms with E-state index in [1.165, 1.54) is 161 Å². The SMILES string of the molecule is CCCCCCCCCCCCCCCCCC(O)C(CO)NC(=O)CC(O)CCCCCCCCCCCCCCCC. The van der Waals surface area contributed by atoms with Crippen molar-refractivity contribution in [1.82, 2.24) is 5.32 Å². The lowest BCUT2D eigenvalue weighted by Crippen LogP contribution is -2.46. The molecule has 5 heteroatoms. The number of unbranched alkanes of at least 4 members (excludes halogenated alkanes) is 27. The Morgan fingerprint density at radius 1 is 0.477 bits per heavy atom. The summed E-state index contributed by atoms with van der Waals surface area (Å²) in [6.07, 6.45) is 37.7. The van der Waals surface area contributed by atoms with Crippen LogP contribution in [0.3, 0.4) is 0 Å². The van der Waals surface area contributed by atoms with E-state index in [-0.39, 0.29) is 18.9 Å². The van der Waals surface area contributed by atoms with Crippen molar-refractivity contribution in [2.24, 2.45) is 0 Å². The minimum atomic E-state index is -0.742. The first-order valence-electron chi connectivity index (χ1n) is 19.8. The van der Waals surface area contributed by atoms with Crippen molar-refractivity contribution >= 4 is 5.91 Å². The van der Waals surface area contributed by atoms with Crippen LogP contribution in [0, 0.1) is 0 Å². The van der Waals surface area contributed by atoms with E-state index < -0.39 is 18.2 Å². The quantitative estimate of drug-likeness (QED) is 0.0521. The van der Waals surface area contributed by atoms with Gasteiger partial charge in [0, 0.05) is 0 Å². The average molecular weight is 626 g/mol. The minimum Gasteiger partial charge on any atom is -0.394 e. The number of rotatable bonds is 36. The van der Waals surface area contributed by atoms with E-state index in [1.54, 1.807) is 0 Å². The Bertz CT molecular complexity index is 572. The van der Waals surface area contributed by atoms with Crippen LogP contribution in [-0.2, 0) is 4.79 Å². The van der Waals surface area contributed by atoms with Gasteiger partial charge in [0.15, 0.2) is 0 Å². The van der Waals surface area contributed by atoms with Gasteiger partial charge in [-0.15, -0.1) is 0 Å². The molecule has 0 fully saturated rings. The van der Waals surface area contributed by atoms with Gasteiger partial charge in [0.1, 0.15) is 0 Å². The predicted octanol–water partition coefficient (Wildman–Crippen LogP) is 10.7. The summed E-state index contributed by atoms with van der Waals surface area (Å²) in [5.41, 5.74) is 0. The van der Waals surface area contributed by atoms with Crippen molar-refractivity contribution in [1.29, 1.82) is 0 Å². The molecule has 0 spiro atoms. The number of amides is 1. The largest absolute Gasteiger partial charge is 0.394 e. The highest BCUT2D eigenvalue weighted by Crippen LogP contribution is 2.16. The first-order valence-corrected chi connectivity index (χ1v) is 19.8. The summed E-state index contributed by atoms with van der Waals surface area (Å²) in [6.45, 7) is 4.26. The third-order valence-corrected chi connectivity index (χ3v) is 9.42. The van der Waals surface area contributed by atoms with Crippen LogP contribution < -0.4 is 5.32 Å². The lowest BCUT2D eigenvalue weighted by atomic mass is 10.0. The molecule has 0 aromatic rings. The van der Waals surface area contributed by atoms with E-state index in [0.29, 0.717) is 12.8 Å². The maximum absolute atomic E-state index is 12.4. The molecule has 3 atom stereocenters. The summed E-state index contributed by atoms with van der Waals surface area (Å²) in [5.74, 6) is -0.280. The fraction of sp³-hybridized carbons (Fsp3) is 0.974. The first-order chi connectivity index (χ1) is 21.5. The Kier molecular flexibility index (Phi) is 34.7. The molecule has 0 heterocycles. The molecular formula is C39H79NO4.